The molecule has 2 rings (SSSR count). The lowest BCUT2D eigenvalue weighted by atomic mass is 10.1. The normalized spacial score (nSPS) is 10.0. The Morgan fingerprint density at radius 1 is 1.09 bits per heavy atom. The van der Waals surface area contributed by atoms with Gasteiger partial charge in [0.1, 0.15) is 4.88 Å². The fourth-order valence-corrected chi connectivity index (χ4v) is 2.71. The molecule has 0 aliphatic carbocycles. The van der Waals surface area contributed by atoms with E-state index in [4.69, 9.17) is 0 Å². The van der Waals surface area contributed by atoms with Crippen LogP contribution in [-0.2, 0) is 20.7 Å². The molecule has 120 valence electrons. The molecule has 0 saturated carbocycles. The Balaban J connectivity index is 1.98. The second kappa shape index (κ2) is 7.55. The highest BCUT2D eigenvalue weighted by atomic mass is 32.1. The standard InChI is InChI=1S/C16H16N2O4S/c1-10(19)17-12-5-3-11(4-6-12)9-14(20)18-13-7-8-23-15(13)16(21)22-2/h3-8H,9H2,1-2H3,(H,17,19)(H,18,20). The third kappa shape index (κ3) is 4.65. The number of carbonyl (C=O) groups is 3. The van der Waals surface area contributed by atoms with Gasteiger partial charge in [-0.2, -0.15) is 0 Å². The molecular weight excluding hydrogens is 316 g/mol. The summed E-state index contributed by atoms with van der Waals surface area (Å²) in [5.41, 5.74) is 1.92. The fourth-order valence-electron chi connectivity index (χ4n) is 1.95. The second-order valence-electron chi connectivity index (χ2n) is 4.76. The van der Waals surface area contributed by atoms with Gasteiger partial charge in [0.2, 0.25) is 11.8 Å². The van der Waals surface area contributed by atoms with Crippen molar-refractivity contribution in [2.75, 3.05) is 17.7 Å². The minimum Gasteiger partial charge on any atom is -0.465 e. The number of nitrogens with one attached hydrogen (secondary N) is 2. The maximum absolute atomic E-state index is 12.1. The third-order valence-electron chi connectivity index (χ3n) is 2.95. The van der Waals surface area contributed by atoms with Crippen LogP contribution < -0.4 is 10.6 Å². The van der Waals surface area contributed by atoms with E-state index >= 15 is 0 Å². The van der Waals surface area contributed by atoms with E-state index in [2.05, 4.69) is 15.4 Å². The van der Waals surface area contributed by atoms with E-state index in [9.17, 15) is 14.4 Å². The van der Waals surface area contributed by atoms with E-state index in [0.717, 1.165) is 5.56 Å². The molecule has 0 fully saturated rings. The SMILES string of the molecule is COC(=O)c1sccc1NC(=O)Cc1ccc(NC(C)=O)cc1. The lowest BCUT2D eigenvalue weighted by Crippen LogP contribution is -2.16. The van der Waals surface area contributed by atoms with Crippen LogP contribution in [0.25, 0.3) is 0 Å². The number of rotatable bonds is 5. The molecule has 0 unspecified atom stereocenters. The highest BCUT2D eigenvalue weighted by Crippen LogP contribution is 2.23. The molecule has 7 heteroatoms. The Labute approximate surface area is 137 Å². The first-order chi connectivity index (χ1) is 11.0. The molecule has 2 amide bonds. The summed E-state index contributed by atoms with van der Waals surface area (Å²) in [6, 6.07) is 8.65. The van der Waals surface area contributed by atoms with Crippen LogP contribution in [0.5, 0.6) is 0 Å². The Morgan fingerprint density at radius 3 is 2.39 bits per heavy atom. The van der Waals surface area contributed by atoms with E-state index in [-0.39, 0.29) is 18.2 Å². The average molecular weight is 332 g/mol. The summed E-state index contributed by atoms with van der Waals surface area (Å²) in [6.07, 6.45) is 0.164. The zero-order valence-corrected chi connectivity index (χ0v) is 13.5. The minimum atomic E-state index is -0.477. The first-order valence-corrected chi connectivity index (χ1v) is 7.69. The van der Waals surface area contributed by atoms with Crippen LogP contribution in [0.4, 0.5) is 11.4 Å². The number of carbonyl (C=O) groups excluding carboxylic acids is 3. The number of benzene rings is 1. The minimum absolute atomic E-state index is 0.150. The van der Waals surface area contributed by atoms with Gasteiger partial charge in [0.15, 0.2) is 0 Å². The molecule has 0 bridgehead atoms. The molecule has 0 radical (unpaired) electrons. The van der Waals surface area contributed by atoms with Crippen molar-refractivity contribution in [3.63, 3.8) is 0 Å². The van der Waals surface area contributed by atoms with Crippen molar-refractivity contribution in [2.24, 2.45) is 0 Å². The maximum Gasteiger partial charge on any atom is 0.350 e. The first kappa shape index (κ1) is 16.7. The van der Waals surface area contributed by atoms with Gasteiger partial charge in [0, 0.05) is 12.6 Å². The second-order valence-corrected chi connectivity index (χ2v) is 5.67. The summed E-state index contributed by atoms with van der Waals surface area (Å²) >= 11 is 1.21. The monoisotopic (exact) mass is 332 g/mol. The molecule has 0 aliphatic heterocycles. The van der Waals surface area contributed by atoms with Gasteiger partial charge in [-0.3, -0.25) is 9.59 Å². The van der Waals surface area contributed by atoms with E-state index in [0.29, 0.717) is 16.3 Å². The molecule has 0 atom stereocenters. The lowest BCUT2D eigenvalue weighted by molar-refractivity contribution is -0.116. The largest absolute Gasteiger partial charge is 0.465 e. The summed E-state index contributed by atoms with van der Waals surface area (Å²) in [6.45, 7) is 1.43. The Bertz CT molecular complexity index is 722. The van der Waals surface area contributed by atoms with Gasteiger partial charge in [-0.05, 0) is 29.1 Å². The maximum atomic E-state index is 12.1. The van der Waals surface area contributed by atoms with E-state index in [1.807, 2.05) is 0 Å². The van der Waals surface area contributed by atoms with Crippen molar-refractivity contribution < 1.29 is 19.1 Å². The molecule has 2 N–H and O–H groups in total. The first-order valence-electron chi connectivity index (χ1n) is 6.82. The number of thiophene rings is 1. The molecule has 0 aliphatic rings. The van der Waals surface area contributed by atoms with Gasteiger partial charge in [-0.25, -0.2) is 4.79 Å². The van der Waals surface area contributed by atoms with Crippen molar-refractivity contribution >= 4 is 40.5 Å². The number of methoxy groups -OCH3 is 1. The number of esters is 1. The predicted octanol–water partition coefficient (Wildman–Crippen LogP) is 2.67. The topological polar surface area (TPSA) is 84.5 Å². The molecule has 6 nitrogen and oxygen atoms in total. The number of hydrogen-bond donors (Lipinski definition) is 2. The van der Waals surface area contributed by atoms with Gasteiger partial charge in [-0.1, -0.05) is 12.1 Å². The van der Waals surface area contributed by atoms with Crippen LogP contribution in [0.15, 0.2) is 35.7 Å². The van der Waals surface area contributed by atoms with Crippen molar-refractivity contribution in [2.45, 2.75) is 13.3 Å². The highest BCUT2D eigenvalue weighted by molar-refractivity contribution is 7.12. The predicted molar refractivity (Wildman–Crippen MR) is 88.7 cm³/mol. The molecular formula is C16H16N2O4S. The van der Waals surface area contributed by atoms with Crippen LogP contribution in [0.1, 0.15) is 22.2 Å². The van der Waals surface area contributed by atoms with E-state index in [1.54, 1.807) is 35.7 Å². The van der Waals surface area contributed by atoms with Gasteiger partial charge in [0.05, 0.1) is 19.2 Å². The van der Waals surface area contributed by atoms with Crippen molar-refractivity contribution in [3.8, 4) is 0 Å². The average Bonchev–Trinajstić information content (AvgIpc) is 2.96. The molecule has 1 aromatic carbocycles. The van der Waals surface area contributed by atoms with Crippen molar-refractivity contribution in [1.29, 1.82) is 0 Å². The molecule has 2 aromatic rings. The number of hydrogen-bond acceptors (Lipinski definition) is 5. The van der Waals surface area contributed by atoms with Crippen LogP contribution in [0.3, 0.4) is 0 Å². The molecule has 1 heterocycles. The molecule has 0 spiro atoms. The van der Waals surface area contributed by atoms with Crippen LogP contribution in [0.2, 0.25) is 0 Å². The Morgan fingerprint density at radius 2 is 1.78 bits per heavy atom. The molecule has 23 heavy (non-hydrogen) atoms. The van der Waals surface area contributed by atoms with E-state index < -0.39 is 5.97 Å². The quantitative estimate of drug-likeness (QED) is 0.825. The van der Waals surface area contributed by atoms with Gasteiger partial charge < -0.3 is 15.4 Å². The Hall–Kier alpha value is -2.67. The lowest BCUT2D eigenvalue weighted by Gasteiger charge is -2.07. The highest BCUT2D eigenvalue weighted by Gasteiger charge is 2.15. The third-order valence-corrected chi connectivity index (χ3v) is 3.84. The summed E-state index contributed by atoms with van der Waals surface area (Å²) in [5, 5.41) is 7.07. The van der Waals surface area contributed by atoms with Crippen LogP contribution in [0, 0.1) is 0 Å². The number of anilines is 2. The zero-order valence-electron chi connectivity index (χ0n) is 12.7. The van der Waals surface area contributed by atoms with Crippen LogP contribution >= 0.6 is 11.3 Å². The van der Waals surface area contributed by atoms with Gasteiger partial charge >= 0.3 is 5.97 Å². The number of amides is 2. The van der Waals surface area contributed by atoms with E-state index in [1.165, 1.54) is 25.4 Å². The van der Waals surface area contributed by atoms with Gasteiger partial charge in [-0.15, -0.1) is 11.3 Å². The zero-order chi connectivity index (χ0) is 16.8. The molecule has 0 saturated heterocycles. The smallest absolute Gasteiger partial charge is 0.350 e. The summed E-state index contributed by atoms with van der Waals surface area (Å²) in [7, 11) is 1.30. The van der Waals surface area contributed by atoms with Crippen molar-refractivity contribution in [1.82, 2.24) is 0 Å². The molecule has 1 aromatic heterocycles. The summed E-state index contributed by atoms with van der Waals surface area (Å²) in [4.78, 5) is 35.0. The fraction of sp³-hybridized carbons (Fsp3) is 0.188. The number of ether oxygens (including phenoxy) is 1. The van der Waals surface area contributed by atoms with Crippen LogP contribution in [-0.4, -0.2) is 24.9 Å². The van der Waals surface area contributed by atoms with Gasteiger partial charge in [0.25, 0.3) is 0 Å². The summed E-state index contributed by atoms with van der Waals surface area (Å²) in [5.74, 6) is -0.862. The Kier molecular flexibility index (Phi) is 5.48. The van der Waals surface area contributed by atoms with Crippen molar-refractivity contribution in [3.05, 3.63) is 46.2 Å². The summed E-state index contributed by atoms with van der Waals surface area (Å²) < 4.78 is 4.67.